The van der Waals surface area contributed by atoms with Gasteiger partial charge in [0.25, 0.3) is 0 Å². The van der Waals surface area contributed by atoms with E-state index in [-0.39, 0.29) is 5.78 Å². The molecule has 0 N–H and O–H groups in total. The molecule has 0 saturated carbocycles. The molecule has 0 unspecified atom stereocenters. The highest BCUT2D eigenvalue weighted by atomic mass is 16.5. The van der Waals surface area contributed by atoms with Gasteiger partial charge < -0.3 is 18.8 Å². The zero-order chi connectivity index (χ0) is 24.1. The van der Waals surface area contributed by atoms with E-state index in [9.17, 15) is 4.79 Å². The zero-order valence-corrected chi connectivity index (χ0v) is 19.9. The van der Waals surface area contributed by atoms with Crippen LogP contribution in [0.2, 0.25) is 0 Å². The van der Waals surface area contributed by atoms with Gasteiger partial charge in [-0.25, -0.2) is 0 Å². The summed E-state index contributed by atoms with van der Waals surface area (Å²) in [6.07, 6.45) is 7.44. The van der Waals surface area contributed by atoms with E-state index in [0.717, 1.165) is 44.7 Å². The van der Waals surface area contributed by atoms with Gasteiger partial charge in [-0.3, -0.25) is 14.7 Å². The van der Waals surface area contributed by atoms with Gasteiger partial charge in [-0.15, -0.1) is 0 Å². The van der Waals surface area contributed by atoms with Crippen molar-refractivity contribution in [2.75, 3.05) is 13.8 Å². The second-order valence-corrected chi connectivity index (χ2v) is 9.01. The second-order valence-electron chi connectivity index (χ2n) is 9.01. The normalized spacial score (nSPS) is 16.2. The molecule has 0 fully saturated rings. The molecule has 7 heteroatoms. The average Bonchev–Trinajstić information content (AvgIpc) is 3.37. The van der Waals surface area contributed by atoms with Crippen molar-refractivity contribution >= 4 is 22.8 Å². The lowest BCUT2D eigenvalue weighted by Gasteiger charge is -2.30. The molecule has 7 nitrogen and oxygen atoms in total. The number of aromatic nitrogens is 2. The fourth-order valence-corrected chi connectivity index (χ4v) is 4.91. The van der Waals surface area contributed by atoms with Crippen LogP contribution >= 0.6 is 0 Å². The number of Topliss-reactive ketones (excluding diaryl/α,β-unsaturated/α-hetero) is 1. The van der Waals surface area contributed by atoms with E-state index in [0.29, 0.717) is 36.9 Å². The van der Waals surface area contributed by atoms with Crippen LogP contribution in [0.25, 0.3) is 17.0 Å². The third-order valence-electron chi connectivity index (χ3n) is 6.63. The van der Waals surface area contributed by atoms with Gasteiger partial charge in [-0.05, 0) is 54.5 Å². The molecular weight excluding hydrogens is 442 g/mol. The first-order chi connectivity index (χ1) is 17.0. The van der Waals surface area contributed by atoms with Crippen LogP contribution in [0.3, 0.4) is 0 Å². The summed E-state index contributed by atoms with van der Waals surface area (Å²) in [5, 5.41) is 0.997. The Labute approximate surface area is 203 Å². The van der Waals surface area contributed by atoms with Crippen molar-refractivity contribution in [3.8, 4) is 17.2 Å². The monoisotopic (exact) mass is 467 g/mol. The van der Waals surface area contributed by atoms with E-state index < -0.39 is 0 Å². The number of carbonyl (C=O) groups excluding carboxylic acids is 1. The van der Waals surface area contributed by atoms with Gasteiger partial charge in [-0.1, -0.05) is 6.07 Å². The summed E-state index contributed by atoms with van der Waals surface area (Å²) in [6.45, 7) is 3.72. The molecule has 2 aromatic heterocycles. The topological polar surface area (TPSA) is 65.8 Å². The quantitative estimate of drug-likeness (QED) is 0.400. The molecule has 4 heterocycles. The van der Waals surface area contributed by atoms with Gasteiger partial charge in [0.1, 0.15) is 24.0 Å². The Morgan fingerprint density at radius 1 is 1.23 bits per heavy atom. The molecule has 0 atom stereocenters. The van der Waals surface area contributed by atoms with Gasteiger partial charge in [0.2, 0.25) is 5.78 Å². The maximum absolute atomic E-state index is 13.5. The van der Waals surface area contributed by atoms with Crippen LogP contribution in [0.5, 0.6) is 17.2 Å². The Bertz CT molecular complexity index is 1500. The predicted molar refractivity (Wildman–Crippen MR) is 133 cm³/mol. The van der Waals surface area contributed by atoms with Crippen molar-refractivity contribution in [1.29, 1.82) is 0 Å². The zero-order valence-electron chi connectivity index (χ0n) is 19.9. The lowest BCUT2D eigenvalue weighted by molar-refractivity contribution is 0.0871. The molecule has 0 aliphatic carbocycles. The van der Waals surface area contributed by atoms with E-state index in [4.69, 9.17) is 14.2 Å². The van der Waals surface area contributed by atoms with Crippen LogP contribution in [0.4, 0.5) is 0 Å². The molecule has 0 saturated heterocycles. The lowest BCUT2D eigenvalue weighted by atomic mass is 9.98. The Kier molecular flexibility index (Phi) is 5.07. The average molecular weight is 468 g/mol. The van der Waals surface area contributed by atoms with E-state index >= 15 is 0 Å². The van der Waals surface area contributed by atoms with E-state index in [1.807, 2.05) is 73.4 Å². The molecular formula is C28H25N3O4. The number of benzene rings is 2. The number of nitrogens with zero attached hydrogens (tertiary/aromatic N) is 3. The third kappa shape index (κ3) is 3.65. The molecule has 0 bridgehead atoms. The van der Waals surface area contributed by atoms with Gasteiger partial charge in [-0.2, -0.15) is 0 Å². The summed E-state index contributed by atoms with van der Waals surface area (Å²) in [5.41, 5.74) is 5.42. The Hall–Kier alpha value is -4.10. The Balaban J connectivity index is 1.36. The minimum Gasteiger partial charge on any atom is -0.497 e. The number of carbonyl (C=O) groups is 1. The number of fused-ring (bicyclic) bond motifs is 4. The SMILES string of the molecule is COc1ccc2c(c1)c(/C=C1\Oc3c4c(cc(C)c3C1=O)OCN(Cc1cccnc1)C4)cn2C. The fourth-order valence-electron chi connectivity index (χ4n) is 4.91. The molecule has 0 radical (unpaired) electrons. The van der Waals surface area contributed by atoms with Crippen molar-refractivity contribution in [3.63, 3.8) is 0 Å². The van der Waals surface area contributed by atoms with Crippen molar-refractivity contribution in [2.24, 2.45) is 7.05 Å². The minimum absolute atomic E-state index is 0.107. The summed E-state index contributed by atoms with van der Waals surface area (Å²) >= 11 is 0. The molecule has 0 spiro atoms. The van der Waals surface area contributed by atoms with E-state index in [2.05, 4.69) is 9.88 Å². The van der Waals surface area contributed by atoms with Crippen molar-refractivity contribution in [3.05, 3.63) is 88.6 Å². The summed E-state index contributed by atoms with van der Waals surface area (Å²) < 4.78 is 19.8. The maximum Gasteiger partial charge on any atom is 0.232 e. The minimum atomic E-state index is -0.107. The van der Waals surface area contributed by atoms with Crippen LogP contribution in [0.1, 0.15) is 32.6 Å². The molecule has 176 valence electrons. The number of hydrogen-bond donors (Lipinski definition) is 0. The van der Waals surface area contributed by atoms with E-state index in [1.54, 1.807) is 13.3 Å². The summed E-state index contributed by atoms with van der Waals surface area (Å²) in [7, 11) is 3.63. The standard InChI is InChI=1S/C28H25N3O4/c1-17-9-24-22(15-31(16-34-24)13-18-5-4-8-29-12-18)28-26(17)27(32)25(35-28)10-19-14-30(2)23-7-6-20(33-3)11-21(19)23/h4-12,14H,13,15-16H2,1-3H3/b25-10-. The molecule has 2 aliphatic heterocycles. The van der Waals surface area contributed by atoms with Gasteiger partial charge >= 0.3 is 0 Å². The van der Waals surface area contributed by atoms with Crippen LogP contribution < -0.4 is 14.2 Å². The summed E-state index contributed by atoms with van der Waals surface area (Å²) in [5.74, 6) is 2.35. The van der Waals surface area contributed by atoms with Crippen LogP contribution in [-0.2, 0) is 20.1 Å². The largest absolute Gasteiger partial charge is 0.497 e. The van der Waals surface area contributed by atoms with Crippen LogP contribution in [0, 0.1) is 6.92 Å². The molecule has 0 amide bonds. The third-order valence-corrected chi connectivity index (χ3v) is 6.63. The summed E-state index contributed by atoms with van der Waals surface area (Å²) in [4.78, 5) is 19.8. The number of pyridine rings is 1. The highest BCUT2D eigenvalue weighted by molar-refractivity contribution is 6.16. The highest BCUT2D eigenvalue weighted by Gasteiger charge is 2.35. The van der Waals surface area contributed by atoms with Crippen molar-refractivity contribution in [2.45, 2.75) is 20.0 Å². The van der Waals surface area contributed by atoms with Crippen molar-refractivity contribution < 1.29 is 19.0 Å². The first kappa shape index (κ1) is 21.4. The Morgan fingerprint density at radius 3 is 2.91 bits per heavy atom. The molecule has 35 heavy (non-hydrogen) atoms. The first-order valence-corrected chi connectivity index (χ1v) is 11.5. The maximum atomic E-state index is 13.5. The number of ketones is 1. The number of methoxy groups -OCH3 is 1. The molecule has 6 rings (SSSR count). The smallest absolute Gasteiger partial charge is 0.232 e. The number of hydrogen-bond acceptors (Lipinski definition) is 6. The molecule has 4 aromatic rings. The summed E-state index contributed by atoms with van der Waals surface area (Å²) in [6, 6.07) is 11.8. The predicted octanol–water partition coefficient (Wildman–Crippen LogP) is 4.86. The van der Waals surface area contributed by atoms with Gasteiger partial charge in [0.15, 0.2) is 5.76 Å². The van der Waals surface area contributed by atoms with Gasteiger partial charge in [0, 0.05) is 55.2 Å². The molecule has 2 aliphatic rings. The fraction of sp³-hybridized carbons (Fsp3) is 0.214. The number of allylic oxidation sites excluding steroid dienone is 1. The highest BCUT2D eigenvalue weighted by Crippen LogP contribution is 2.44. The van der Waals surface area contributed by atoms with Crippen LogP contribution in [-0.4, -0.2) is 34.1 Å². The number of rotatable bonds is 4. The van der Waals surface area contributed by atoms with Crippen LogP contribution in [0.15, 0.2) is 60.7 Å². The van der Waals surface area contributed by atoms with Gasteiger partial charge in [0.05, 0.1) is 18.2 Å². The Morgan fingerprint density at radius 2 is 2.11 bits per heavy atom. The van der Waals surface area contributed by atoms with E-state index in [1.165, 1.54) is 0 Å². The van der Waals surface area contributed by atoms with Crippen molar-refractivity contribution in [1.82, 2.24) is 14.5 Å². The lowest BCUT2D eigenvalue weighted by Crippen LogP contribution is -2.31. The number of ether oxygens (including phenoxy) is 3. The second kappa shape index (κ2) is 8.29. The first-order valence-electron chi connectivity index (χ1n) is 11.5. The molecule has 2 aromatic carbocycles. The number of aryl methyl sites for hydroxylation is 2.